The first-order chi connectivity index (χ1) is 8.77. The fourth-order valence-corrected chi connectivity index (χ4v) is 3.68. The molecule has 0 spiro atoms. The fraction of sp³-hybridized carbons (Fsp3) is 0.500. The SMILES string of the molecule is O=C1CCC(=O)[C@H]2CCC[C@@H](c3ccccc3)[C@@H]12. The van der Waals surface area contributed by atoms with Crippen molar-refractivity contribution >= 4 is 11.6 Å². The molecule has 0 unspecified atom stereocenters. The lowest BCUT2D eigenvalue weighted by atomic mass is 9.63. The first kappa shape index (κ1) is 11.6. The van der Waals surface area contributed by atoms with Crippen molar-refractivity contribution in [1.82, 2.24) is 0 Å². The molecule has 0 amide bonds. The fourth-order valence-electron chi connectivity index (χ4n) is 3.68. The normalized spacial score (nSPS) is 32.1. The number of fused-ring (bicyclic) bond motifs is 1. The Bertz CT molecular complexity index is 463. The van der Waals surface area contributed by atoms with Crippen LogP contribution in [0.1, 0.15) is 43.6 Å². The summed E-state index contributed by atoms with van der Waals surface area (Å²) >= 11 is 0. The van der Waals surface area contributed by atoms with Crippen LogP contribution in [-0.2, 0) is 9.59 Å². The van der Waals surface area contributed by atoms with Gasteiger partial charge in [-0.1, -0.05) is 36.8 Å². The van der Waals surface area contributed by atoms with Crippen LogP contribution in [0.25, 0.3) is 0 Å². The number of benzene rings is 1. The average Bonchev–Trinajstić information content (AvgIpc) is 2.43. The number of rotatable bonds is 1. The van der Waals surface area contributed by atoms with Gasteiger partial charge in [0.15, 0.2) is 0 Å². The maximum absolute atomic E-state index is 12.2. The highest BCUT2D eigenvalue weighted by molar-refractivity contribution is 5.97. The van der Waals surface area contributed by atoms with Gasteiger partial charge in [-0.25, -0.2) is 0 Å². The molecule has 3 rings (SSSR count). The van der Waals surface area contributed by atoms with Crippen molar-refractivity contribution < 1.29 is 9.59 Å². The Balaban J connectivity index is 1.94. The standard InChI is InChI=1S/C16H18O2/c17-14-9-10-15(18)16-12(7-4-8-13(14)16)11-5-2-1-3-6-11/h1-3,5-6,12-13,16H,4,7-10H2/t12-,13+,16+/m0/s1. The van der Waals surface area contributed by atoms with Crippen LogP contribution in [0.4, 0.5) is 0 Å². The van der Waals surface area contributed by atoms with Crippen LogP contribution >= 0.6 is 0 Å². The van der Waals surface area contributed by atoms with Crippen LogP contribution in [0, 0.1) is 11.8 Å². The van der Waals surface area contributed by atoms with E-state index in [2.05, 4.69) is 12.1 Å². The number of hydrogen-bond acceptors (Lipinski definition) is 2. The largest absolute Gasteiger partial charge is 0.299 e. The molecule has 94 valence electrons. The molecule has 1 aromatic carbocycles. The van der Waals surface area contributed by atoms with E-state index in [0.717, 1.165) is 19.3 Å². The summed E-state index contributed by atoms with van der Waals surface area (Å²) < 4.78 is 0. The zero-order chi connectivity index (χ0) is 12.5. The molecule has 3 atom stereocenters. The summed E-state index contributed by atoms with van der Waals surface area (Å²) in [5.74, 6) is 0.864. The van der Waals surface area contributed by atoms with Gasteiger partial charge in [-0.3, -0.25) is 9.59 Å². The van der Waals surface area contributed by atoms with E-state index in [9.17, 15) is 9.59 Å². The van der Waals surface area contributed by atoms with E-state index in [-0.39, 0.29) is 17.8 Å². The van der Waals surface area contributed by atoms with Crippen LogP contribution < -0.4 is 0 Å². The first-order valence-corrected chi connectivity index (χ1v) is 6.88. The van der Waals surface area contributed by atoms with Crippen molar-refractivity contribution in [3.05, 3.63) is 35.9 Å². The third-order valence-electron chi connectivity index (χ3n) is 4.53. The number of Topliss-reactive ketones (excluding diaryl/α,β-unsaturated/α-hetero) is 2. The molecule has 2 fully saturated rings. The Morgan fingerprint density at radius 1 is 0.833 bits per heavy atom. The highest BCUT2D eigenvalue weighted by Gasteiger charge is 2.44. The highest BCUT2D eigenvalue weighted by atomic mass is 16.1. The summed E-state index contributed by atoms with van der Waals surface area (Å²) in [5, 5.41) is 0. The second-order valence-corrected chi connectivity index (χ2v) is 5.51. The quantitative estimate of drug-likeness (QED) is 0.758. The highest BCUT2D eigenvalue weighted by Crippen LogP contribution is 2.45. The summed E-state index contributed by atoms with van der Waals surface area (Å²) in [4.78, 5) is 24.2. The molecule has 0 radical (unpaired) electrons. The minimum Gasteiger partial charge on any atom is -0.299 e. The molecular formula is C16H18O2. The lowest BCUT2D eigenvalue weighted by molar-refractivity contribution is -0.140. The van der Waals surface area contributed by atoms with Crippen LogP contribution in [-0.4, -0.2) is 11.6 Å². The lowest BCUT2D eigenvalue weighted by Crippen LogP contribution is -2.41. The molecule has 2 heteroatoms. The zero-order valence-corrected chi connectivity index (χ0v) is 10.5. The second kappa shape index (κ2) is 4.68. The molecule has 18 heavy (non-hydrogen) atoms. The third-order valence-corrected chi connectivity index (χ3v) is 4.53. The van der Waals surface area contributed by atoms with Gasteiger partial charge in [0.2, 0.25) is 0 Å². The number of ketones is 2. The predicted octanol–water partition coefficient (Wildman–Crippen LogP) is 3.12. The summed E-state index contributed by atoms with van der Waals surface area (Å²) in [6.07, 6.45) is 3.97. The molecule has 0 aromatic heterocycles. The number of carbonyl (C=O) groups excluding carboxylic acids is 2. The number of hydrogen-bond donors (Lipinski definition) is 0. The molecule has 0 N–H and O–H groups in total. The summed E-state index contributed by atoms with van der Waals surface area (Å²) in [7, 11) is 0. The Labute approximate surface area is 107 Å². The van der Waals surface area contributed by atoms with Gasteiger partial charge >= 0.3 is 0 Å². The van der Waals surface area contributed by atoms with Crippen LogP contribution in [0.2, 0.25) is 0 Å². The summed E-state index contributed by atoms with van der Waals surface area (Å²) in [5.41, 5.74) is 1.23. The molecule has 0 bridgehead atoms. The maximum Gasteiger partial charge on any atom is 0.137 e. The Morgan fingerprint density at radius 2 is 1.50 bits per heavy atom. The van der Waals surface area contributed by atoms with E-state index < -0.39 is 0 Å². The molecule has 2 saturated carbocycles. The second-order valence-electron chi connectivity index (χ2n) is 5.51. The van der Waals surface area contributed by atoms with Crippen LogP contribution in [0.5, 0.6) is 0 Å². The van der Waals surface area contributed by atoms with Crippen molar-refractivity contribution in [2.24, 2.45) is 11.8 Å². The van der Waals surface area contributed by atoms with Crippen molar-refractivity contribution in [3.63, 3.8) is 0 Å². The first-order valence-electron chi connectivity index (χ1n) is 6.88. The van der Waals surface area contributed by atoms with Gasteiger partial charge in [0, 0.05) is 24.7 Å². The minimum absolute atomic E-state index is 0.00482. The monoisotopic (exact) mass is 242 g/mol. The van der Waals surface area contributed by atoms with E-state index in [0.29, 0.717) is 24.4 Å². The molecule has 0 heterocycles. The van der Waals surface area contributed by atoms with Gasteiger partial charge in [0.05, 0.1) is 0 Å². The van der Waals surface area contributed by atoms with Crippen LogP contribution in [0.15, 0.2) is 30.3 Å². The van der Waals surface area contributed by atoms with Gasteiger partial charge in [-0.05, 0) is 24.3 Å². The molecular weight excluding hydrogens is 224 g/mol. The van der Waals surface area contributed by atoms with E-state index in [1.165, 1.54) is 5.56 Å². The van der Waals surface area contributed by atoms with E-state index in [1.807, 2.05) is 18.2 Å². The van der Waals surface area contributed by atoms with Crippen molar-refractivity contribution in [3.8, 4) is 0 Å². The van der Waals surface area contributed by atoms with E-state index >= 15 is 0 Å². The summed E-state index contributed by atoms with van der Waals surface area (Å²) in [6.45, 7) is 0. The third kappa shape index (κ3) is 1.90. The molecule has 0 aliphatic heterocycles. The predicted molar refractivity (Wildman–Crippen MR) is 69.3 cm³/mol. The Hall–Kier alpha value is -1.44. The Kier molecular flexibility index (Phi) is 3.02. The molecule has 1 aromatic rings. The molecule has 2 aliphatic carbocycles. The van der Waals surface area contributed by atoms with E-state index in [4.69, 9.17) is 0 Å². The van der Waals surface area contributed by atoms with Gasteiger partial charge in [-0.2, -0.15) is 0 Å². The van der Waals surface area contributed by atoms with Crippen molar-refractivity contribution in [2.75, 3.05) is 0 Å². The average molecular weight is 242 g/mol. The van der Waals surface area contributed by atoms with Crippen molar-refractivity contribution in [2.45, 2.75) is 38.0 Å². The lowest BCUT2D eigenvalue weighted by Gasteiger charge is -2.39. The van der Waals surface area contributed by atoms with Gasteiger partial charge in [0.1, 0.15) is 11.6 Å². The zero-order valence-electron chi connectivity index (χ0n) is 10.5. The summed E-state index contributed by atoms with van der Waals surface area (Å²) in [6, 6.07) is 10.2. The maximum atomic E-state index is 12.2. The van der Waals surface area contributed by atoms with Crippen molar-refractivity contribution in [1.29, 1.82) is 0 Å². The molecule has 0 saturated heterocycles. The topological polar surface area (TPSA) is 34.1 Å². The van der Waals surface area contributed by atoms with Gasteiger partial charge in [0.25, 0.3) is 0 Å². The Morgan fingerprint density at radius 3 is 2.28 bits per heavy atom. The van der Waals surface area contributed by atoms with Gasteiger partial charge < -0.3 is 0 Å². The smallest absolute Gasteiger partial charge is 0.137 e. The number of carbonyl (C=O) groups is 2. The molecule has 2 aliphatic rings. The van der Waals surface area contributed by atoms with E-state index in [1.54, 1.807) is 0 Å². The minimum atomic E-state index is -0.0394. The van der Waals surface area contributed by atoms with Crippen LogP contribution in [0.3, 0.4) is 0 Å². The molecule has 2 nitrogen and oxygen atoms in total. The van der Waals surface area contributed by atoms with Gasteiger partial charge in [-0.15, -0.1) is 0 Å².